The molecule has 0 aromatic heterocycles. The number of ether oxygens (including phenoxy) is 1. The summed E-state index contributed by atoms with van der Waals surface area (Å²) in [4.78, 5) is 21.8. The van der Waals surface area contributed by atoms with Crippen LogP contribution in [0.4, 0.5) is 11.4 Å². The van der Waals surface area contributed by atoms with E-state index in [0.29, 0.717) is 5.69 Å². The molecule has 0 radical (unpaired) electrons. The van der Waals surface area contributed by atoms with Gasteiger partial charge < -0.3 is 4.74 Å². The van der Waals surface area contributed by atoms with E-state index in [9.17, 15) is 23.3 Å². The molecule has 0 bridgehead atoms. The van der Waals surface area contributed by atoms with E-state index >= 15 is 0 Å². The number of anilines is 1. The number of esters is 1. The Morgan fingerprint density at radius 1 is 1.12 bits per heavy atom. The van der Waals surface area contributed by atoms with Gasteiger partial charge >= 0.3 is 5.97 Å². The fraction of sp³-hybridized carbons (Fsp3) is 0.235. The fourth-order valence-electron chi connectivity index (χ4n) is 2.46. The maximum absolute atomic E-state index is 13.0. The topological polar surface area (TPSA) is 107 Å². The van der Waals surface area contributed by atoms with Crippen LogP contribution in [-0.2, 0) is 19.6 Å². The second-order valence-corrected chi connectivity index (χ2v) is 7.55. The Balaban J connectivity index is 2.55. The summed E-state index contributed by atoms with van der Waals surface area (Å²) in [5.41, 5.74) is 1.74. The van der Waals surface area contributed by atoms with Crippen LogP contribution in [0.1, 0.15) is 11.1 Å². The molecule has 0 N–H and O–H groups in total. The van der Waals surface area contributed by atoms with Gasteiger partial charge in [-0.3, -0.25) is 19.2 Å². The summed E-state index contributed by atoms with van der Waals surface area (Å²) in [5.74, 6) is -0.727. The Morgan fingerprint density at radius 2 is 1.65 bits per heavy atom. The van der Waals surface area contributed by atoms with E-state index in [1.165, 1.54) is 7.11 Å². The average Bonchev–Trinajstić information content (AvgIpc) is 2.58. The standard InChI is InChI=1S/C17H18N2O6S/c1-12-8-13(2)10-15(9-12)18(11-17(20)25-3)26(23,24)16-6-4-14(5-7-16)19(21)22/h4-10H,11H2,1-3H3. The number of non-ortho nitro benzene ring substituents is 1. The lowest BCUT2D eigenvalue weighted by Gasteiger charge is -2.24. The first-order chi connectivity index (χ1) is 12.1. The van der Waals surface area contributed by atoms with Gasteiger partial charge in [0.15, 0.2) is 0 Å². The molecule has 9 heteroatoms. The van der Waals surface area contributed by atoms with Crippen molar-refractivity contribution in [3.05, 3.63) is 63.7 Å². The van der Waals surface area contributed by atoms with E-state index in [1.807, 2.05) is 19.9 Å². The zero-order valence-corrected chi connectivity index (χ0v) is 15.3. The summed E-state index contributed by atoms with van der Waals surface area (Å²) >= 11 is 0. The molecule has 0 unspecified atom stereocenters. The van der Waals surface area contributed by atoms with Gasteiger partial charge in [0.2, 0.25) is 0 Å². The van der Waals surface area contributed by atoms with Crippen molar-refractivity contribution in [2.24, 2.45) is 0 Å². The molecule has 0 saturated heterocycles. The number of aryl methyl sites for hydroxylation is 2. The minimum Gasteiger partial charge on any atom is -0.468 e. The molecule has 0 atom stereocenters. The van der Waals surface area contributed by atoms with Crippen LogP contribution < -0.4 is 4.31 Å². The smallest absolute Gasteiger partial charge is 0.326 e. The van der Waals surface area contributed by atoms with Crippen molar-refractivity contribution in [1.82, 2.24) is 0 Å². The Labute approximate surface area is 151 Å². The minimum absolute atomic E-state index is 0.161. The third-order valence-electron chi connectivity index (χ3n) is 3.63. The van der Waals surface area contributed by atoms with Crippen LogP contribution in [0.5, 0.6) is 0 Å². The summed E-state index contributed by atoms with van der Waals surface area (Å²) in [5, 5.41) is 10.8. The van der Waals surface area contributed by atoms with E-state index in [-0.39, 0.29) is 10.6 Å². The number of carbonyl (C=O) groups is 1. The van der Waals surface area contributed by atoms with E-state index in [2.05, 4.69) is 4.74 Å². The summed E-state index contributed by atoms with van der Waals surface area (Å²) in [6, 6.07) is 9.63. The number of nitro benzene ring substituents is 1. The van der Waals surface area contributed by atoms with Gasteiger partial charge in [-0.1, -0.05) is 6.07 Å². The van der Waals surface area contributed by atoms with E-state index in [0.717, 1.165) is 39.7 Å². The third kappa shape index (κ3) is 4.17. The minimum atomic E-state index is -4.13. The SMILES string of the molecule is COC(=O)CN(c1cc(C)cc(C)c1)S(=O)(=O)c1ccc([N+](=O)[O-])cc1. The van der Waals surface area contributed by atoms with Crippen LogP contribution in [-0.4, -0.2) is 33.0 Å². The number of methoxy groups -OCH3 is 1. The first-order valence-electron chi connectivity index (χ1n) is 7.57. The average molecular weight is 378 g/mol. The molecular weight excluding hydrogens is 360 g/mol. The molecule has 2 aromatic rings. The molecule has 0 heterocycles. The Bertz CT molecular complexity index is 918. The fourth-order valence-corrected chi connectivity index (χ4v) is 3.85. The molecule has 0 amide bonds. The van der Waals surface area contributed by atoms with Crippen LogP contribution in [0.2, 0.25) is 0 Å². The predicted molar refractivity (Wildman–Crippen MR) is 95.6 cm³/mol. The van der Waals surface area contributed by atoms with Crippen LogP contribution in [0.15, 0.2) is 47.4 Å². The highest BCUT2D eigenvalue weighted by Gasteiger charge is 2.28. The Kier molecular flexibility index (Phi) is 5.61. The quantitative estimate of drug-likeness (QED) is 0.434. The molecule has 0 saturated carbocycles. The number of hydrogen-bond acceptors (Lipinski definition) is 6. The number of nitro groups is 1. The second kappa shape index (κ2) is 7.52. The first kappa shape index (κ1) is 19.4. The number of benzene rings is 2. The zero-order valence-electron chi connectivity index (χ0n) is 14.5. The van der Waals surface area contributed by atoms with Gasteiger partial charge in [-0.2, -0.15) is 0 Å². The summed E-state index contributed by atoms with van der Waals surface area (Å²) < 4.78 is 31.6. The zero-order chi connectivity index (χ0) is 19.5. The maximum Gasteiger partial charge on any atom is 0.326 e. The number of sulfonamides is 1. The van der Waals surface area contributed by atoms with Gasteiger partial charge in [0.05, 0.1) is 22.6 Å². The van der Waals surface area contributed by atoms with Gasteiger partial charge in [-0.25, -0.2) is 8.42 Å². The number of nitrogens with zero attached hydrogens (tertiary/aromatic N) is 2. The van der Waals surface area contributed by atoms with Crippen molar-refractivity contribution < 1.29 is 22.9 Å². The van der Waals surface area contributed by atoms with Gasteiger partial charge in [-0.05, 0) is 49.2 Å². The monoisotopic (exact) mass is 378 g/mol. The van der Waals surface area contributed by atoms with E-state index in [4.69, 9.17) is 0 Å². The first-order valence-corrected chi connectivity index (χ1v) is 9.01. The molecular formula is C17H18N2O6S. The highest BCUT2D eigenvalue weighted by molar-refractivity contribution is 7.92. The highest BCUT2D eigenvalue weighted by atomic mass is 32.2. The molecule has 138 valence electrons. The Morgan fingerprint density at radius 3 is 2.12 bits per heavy atom. The van der Waals surface area contributed by atoms with Crippen LogP contribution in [0, 0.1) is 24.0 Å². The van der Waals surface area contributed by atoms with Gasteiger partial charge in [-0.15, -0.1) is 0 Å². The normalized spacial score (nSPS) is 11.0. The molecule has 0 aliphatic heterocycles. The Hall–Kier alpha value is -2.94. The molecule has 0 aliphatic rings. The lowest BCUT2D eigenvalue weighted by atomic mass is 10.1. The van der Waals surface area contributed by atoms with E-state index in [1.54, 1.807) is 12.1 Å². The number of rotatable bonds is 6. The second-order valence-electron chi connectivity index (χ2n) is 5.68. The van der Waals surface area contributed by atoms with Crippen LogP contribution in [0.25, 0.3) is 0 Å². The number of hydrogen-bond donors (Lipinski definition) is 0. The molecule has 0 fully saturated rings. The summed E-state index contributed by atoms with van der Waals surface area (Å²) in [6.07, 6.45) is 0. The van der Waals surface area contributed by atoms with Crippen molar-refractivity contribution in [2.45, 2.75) is 18.7 Å². The number of carbonyl (C=O) groups excluding carboxylic acids is 1. The highest BCUT2D eigenvalue weighted by Crippen LogP contribution is 2.27. The van der Waals surface area contributed by atoms with E-state index < -0.39 is 27.5 Å². The van der Waals surface area contributed by atoms with Gasteiger partial charge in [0, 0.05) is 12.1 Å². The van der Waals surface area contributed by atoms with Crippen molar-refractivity contribution in [2.75, 3.05) is 18.0 Å². The molecule has 0 aliphatic carbocycles. The molecule has 0 spiro atoms. The molecule has 8 nitrogen and oxygen atoms in total. The van der Waals surface area contributed by atoms with Crippen molar-refractivity contribution in [1.29, 1.82) is 0 Å². The molecule has 2 rings (SSSR count). The maximum atomic E-state index is 13.0. The summed E-state index contributed by atoms with van der Waals surface area (Å²) in [6.45, 7) is 3.11. The van der Waals surface area contributed by atoms with Gasteiger partial charge in [0.1, 0.15) is 6.54 Å². The third-order valence-corrected chi connectivity index (χ3v) is 5.42. The predicted octanol–water partition coefficient (Wildman–Crippen LogP) is 2.58. The summed E-state index contributed by atoms with van der Waals surface area (Å²) in [7, 11) is -2.96. The lowest BCUT2D eigenvalue weighted by Crippen LogP contribution is -2.36. The molecule has 26 heavy (non-hydrogen) atoms. The van der Waals surface area contributed by atoms with Crippen LogP contribution >= 0.6 is 0 Å². The van der Waals surface area contributed by atoms with Gasteiger partial charge in [0.25, 0.3) is 15.7 Å². The van der Waals surface area contributed by atoms with Crippen LogP contribution in [0.3, 0.4) is 0 Å². The van der Waals surface area contributed by atoms with Crippen molar-refractivity contribution >= 4 is 27.4 Å². The van der Waals surface area contributed by atoms with Crippen molar-refractivity contribution in [3.8, 4) is 0 Å². The largest absolute Gasteiger partial charge is 0.468 e. The molecule has 2 aromatic carbocycles. The lowest BCUT2D eigenvalue weighted by molar-refractivity contribution is -0.384. The van der Waals surface area contributed by atoms with Crippen molar-refractivity contribution in [3.63, 3.8) is 0 Å².